The van der Waals surface area contributed by atoms with Gasteiger partial charge in [0.1, 0.15) is 0 Å². The number of phosphoric acid groups is 2. The number of hydrogen-bond acceptors (Lipinski definition) is 7. The Morgan fingerprint density at radius 2 is 1.29 bits per heavy atom. The molecule has 0 rings (SSSR count). The molecule has 0 aromatic heterocycles. The first-order valence-electron chi connectivity index (χ1n) is 9.51. The summed E-state index contributed by atoms with van der Waals surface area (Å²) in [6, 6.07) is 0. The van der Waals surface area contributed by atoms with E-state index in [1.807, 2.05) is 6.92 Å². The van der Waals surface area contributed by atoms with Crippen LogP contribution in [0.4, 0.5) is 0 Å². The van der Waals surface area contributed by atoms with E-state index in [9.17, 15) is 14.0 Å². The van der Waals surface area contributed by atoms with Crippen molar-refractivity contribution in [3.8, 4) is 0 Å². The third kappa shape index (κ3) is 23.0. The zero-order chi connectivity index (χ0) is 22.1. The molecule has 0 heterocycles. The topological polar surface area (TPSA) is 149 Å². The van der Waals surface area contributed by atoms with Crippen LogP contribution < -0.4 is 0 Å². The minimum absolute atomic E-state index is 0.131. The van der Waals surface area contributed by atoms with Crippen LogP contribution in [0.1, 0.15) is 79.1 Å². The Morgan fingerprint density at radius 1 is 0.857 bits per heavy atom. The average molecular weight is 486 g/mol. The van der Waals surface area contributed by atoms with Crippen LogP contribution in [0.5, 0.6) is 0 Å². The van der Waals surface area contributed by atoms with Crippen LogP contribution in [0.3, 0.4) is 0 Å². The zero-order valence-corrected chi connectivity index (χ0v) is 20.6. The molecule has 170 valence electrons. The molecule has 10 nitrogen and oxygen atoms in total. The zero-order valence-electron chi connectivity index (χ0n) is 17.2. The van der Waals surface area contributed by atoms with Gasteiger partial charge in [-0.25, -0.2) is 9.13 Å². The molecule has 0 radical (unpaired) electrons. The molecule has 0 aliphatic carbocycles. The fraction of sp³-hybridized carbons (Fsp3) is 1.00. The first-order chi connectivity index (χ1) is 13.0. The first-order valence-corrected chi connectivity index (χ1v) is 14.5. The van der Waals surface area contributed by atoms with E-state index in [2.05, 4.69) is 6.92 Å². The summed E-state index contributed by atoms with van der Waals surface area (Å²) in [6.45, 7) is 7.53. The van der Waals surface area contributed by atoms with Gasteiger partial charge in [-0.3, -0.25) is 13.6 Å². The van der Waals surface area contributed by atoms with Gasteiger partial charge in [0.15, 0.2) is 0 Å². The Kier molecular flexibility index (Phi) is 20.4. The van der Waals surface area contributed by atoms with Gasteiger partial charge in [0, 0.05) is 0 Å². The molecule has 0 fully saturated rings. The van der Waals surface area contributed by atoms with Crippen molar-refractivity contribution in [2.24, 2.45) is 0 Å². The fourth-order valence-corrected chi connectivity index (χ4v) is 4.73. The number of phosphoric ester groups is 2. The molecule has 0 aromatic carbocycles. The van der Waals surface area contributed by atoms with Crippen LogP contribution in [-0.2, 0) is 49.0 Å². The van der Waals surface area contributed by atoms with Crippen LogP contribution >= 0.6 is 15.6 Å². The molecule has 13 heteroatoms. The molecule has 0 amide bonds. The SMILES string of the molecule is CCCCCCCCOP(=O)(OCCCC)OP(=O)(O)OC(C)C.[O]=[Ti]([OH])[OH]. The van der Waals surface area contributed by atoms with E-state index in [0.717, 1.165) is 25.7 Å². The Balaban J connectivity index is 0. The predicted octanol–water partition coefficient (Wildman–Crippen LogP) is 4.60. The van der Waals surface area contributed by atoms with Crippen molar-refractivity contribution in [2.45, 2.75) is 85.2 Å². The minimum atomic E-state index is -4.50. The quantitative estimate of drug-likeness (QED) is 0.161. The van der Waals surface area contributed by atoms with Crippen LogP contribution in [0, 0.1) is 0 Å². The molecule has 0 aliphatic rings. The molecule has 0 aliphatic heterocycles. The summed E-state index contributed by atoms with van der Waals surface area (Å²) in [4.78, 5) is 9.66. The van der Waals surface area contributed by atoms with Crippen LogP contribution in [0.25, 0.3) is 0 Å². The van der Waals surface area contributed by atoms with E-state index in [0.29, 0.717) is 12.8 Å². The van der Waals surface area contributed by atoms with Gasteiger partial charge in [-0.1, -0.05) is 52.4 Å². The van der Waals surface area contributed by atoms with Crippen molar-refractivity contribution in [1.29, 1.82) is 0 Å². The second-order valence-corrected chi connectivity index (χ2v) is 10.3. The van der Waals surface area contributed by atoms with Crippen LogP contribution in [0.2, 0.25) is 0 Å². The van der Waals surface area contributed by atoms with E-state index in [4.69, 9.17) is 28.6 Å². The summed E-state index contributed by atoms with van der Waals surface area (Å²) in [6.07, 6.45) is 7.16. The summed E-state index contributed by atoms with van der Waals surface area (Å²) in [7, 11) is -8.63. The molecule has 28 heavy (non-hydrogen) atoms. The van der Waals surface area contributed by atoms with Crippen molar-refractivity contribution in [1.82, 2.24) is 0 Å². The van der Waals surface area contributed by atoms with Gasteiger partial charge < -0.3 is 4.89 Å². The van der Waals surface area contributed by atoms with E-state index < -0.39 is 40.4 Å². The Bertz CT molecular complexity index is 485. The second kappa shape index (κ2) is 18.5. The van der Waals surface area contributed by atoms with Gasteiger partial charge in [0.05, 0.1) is 19.3 Å². The van der Waals surface area contributed by atoms with Gasteiger partial charge in [-0.05, 0) is 26.7 Å². The normalized spacial score (nSPS) is 15.4. The molecule has 3 N–H and O–H groups in total. The Labute approximate surface area is 175 Å². The molecule has 0 aromatic rings. The van der Waals surface area contributed by atoms with Crippen molar-refractivity contribution in [3.63, 3.8) is 0 Å². The fourth-order valence-electron chi connectivity index (χ4n) is 1.88. The van der Waals surface area contributed by atoms with Gasteiger partial charge in [-0.15, -0.1) is 0 Å². The Morgan fingerprint density at radius 3 is 1.75 bits per heavy atom. The monoisotopic (exact) mass is 486 g/mol. The molecular weight excluding hydrogens is 450 g/mol. The molecule has 2 atom stereocenters. The molecule has 0 spiro atoms. The summed E-state index contributed by atoms with van der Waals surface area (Å²) >= 11 is -3.58. The number of rotatable bonds is 16. The van der Waals surface area contributed by atoms with Crippen molar-refractivity contribution in [3.05, 3.63) is 0 Å². The van der Waals surface area contributed by atoms with Crippen molar-refractivity contribution < 1.29 is 61.2 Å². The van der Waals surface area contributed by atoms with E-state index in [1.54, 1.807) is 13.8 Å². The summed E-state index contributed by atoms with van der Waals surface area (Å²) in [5.74, 6) is 0. The maximum absolute atomic E-state index is 12.5. The van der Waals surface area contributed by atoms with Gasteiger partial charge in [0.25, 0.3) is 0 Å². The molecule has 0 bridgehead atoms. The third-order valence-electron chi connectivity index (χ3n) is 3.04. The Hall–Kier alpha value is 0.694. The summed E-state index contributed by atoms with van der Waals surface area (Å²) in [5, 5.41) is 0. The van der Waals surface area contributed by atoms with E-state index in [1.165, 1.54) is 12.8 Å². The number of hydrogen-bond donors (Lipinski definition) is 3. The number of unbranched alkanes of at least 4 members (excludes halogenated alkanes) is 6. The molecule has 0 saturated heterocycles. The molecule has 0 saturated carbocycles. The first kappa shape index (κ1) is 30.9. The predicted molar refractivity (Wildman–Crippen MR) is 100 cm³/mol. The molecule has 2 unspecified atom stereocenters. The van der Waals surface area contributed by atoms with E-state index in [-0.39, 0.29) is 13.2 Å². The van der Waals surface area contributed by atoms with Gasteiger partial charge in [0.2, 0.25) is 0 Å². The van der Waals surface area contributed by atoms with E-state index >= 15 is 0 Å². The standard InChI is InChI=1S/C15H34O7P2.2H2O.O.Ti/c1-5-7-9-10-11-12-14-20-24(18,19-13-8-6-2)22-23(16,17)21-15(3)4;;;;/h15H,5-14H2,1-4H3,(H,16,17);2*1H2;;/q;;;;+2/p-2. The second-order valence-electron chi connectivity index (χ2n) is 6.22. The van der Waals surface area contributed by atoms with Gasteiger partial charge >= 0.3 is 45.0 Å². The van der Waals surface area contributed by atoms with Crippen molar-refractivity contribution in [2.75, 3.05) is 13.2 Å². The summed E-state index contributed by atoms with van der Waals surface area (Å²) in [5.41, 5.74) is 0. The third-order valence-corrected chi connectivity index (χ3v) is 6.35. The van der Waals surface area contributed by atoms with Gasteiger partial charge in [-0.2, -0.15) is 4.31 Å². The average Bonchev–Trinajstić information content (AvgIpc) is 2.52. The van der Waals surface area contributed by atoms with Crippen LogP contribution in [-0.4, -0.2) is 31.6 Å². The molecular formula is C15H36O10P2Ti. The summed E-state index contributed by atoms with van der Waals surface area (Å²) < 4.78 is 67.5. The maximum atomic E-state index is 12.5. The van der Waals surface area contributed by atoms with Crippen molar-refractivity contribution >= 4 is 15.6 Å². The van der Waals surface area contributed by atoms with Crippen LogP contribution in [0.15, 0.2) is 0 Å².